The van der Waals surface area contributed by atoms with E-state index in [1.54, 1.807) is 12.3 Å². The number of anilines is 1. The maximum absolute atomic E-state index is 12.2. The van der Waals surface area contributed by atoms with Crippen LogP contribution in [0.5, 0.6) is 0 Å². The van der Waals surface area contributed by atoms with Crippen LogP contribution in [0.3, 0.4) is 0 Å². The molecule has 4 nitrogen and oxygen atoms in total. The highest BCUT2D eigenvalue weighted by Crippen LogP contribution is 2.59. The van der Waals surface area contributed by atoms with Crippen LogP contribution in [-0.4, -0.2) is 17.4 Å². The minimum Gasteiger partial charge on any atom is -0.397 e. The summed E-state index contributed by atoms with van der Waals surface area (Å²) in [4.78, 5) is 16.4. The summed E-state index contributed by atoms with van der Waals surface area (Å²) in [6, 6.07) is 3.63. The summed E-state index contributed by atoms with van der Waals surface area (Å²) in [6.45, 7) is 0.865. The number of hydrogen-bond donors (Lipinski definition) is 2. The normalized spacial score (nSPS) is 34.0. The van der Waals surface area contributed by atoms with E-state index in [2.05, 4.69) is 10.3 Å². The third kappa shape index (κ3) is 3.47. The number of rotatable bonds is 4. The van der Waals surface area contributed by atoms with Crippen molar-refractivity contribution in [2.75, 3.05) is 12.3 Å². The van der Waals surface area contributed by atoms with E-state index in [1.165, 1.54) is 38.5 Å². The van der Waals surface area contributed by atoms with Gasteiger partial charge in [0.15, 0.2) is 0 Å². The Morgan fingerprint density at radius 3 is 2.30 bits per heavy atom. The standard InChI is InChI=1S/C18H25N3O.ClH/c19-15-1-2-16(20-10-15)6-17(22)21-11-18-7-12-3-13(8-18)5-14(4-12)9-18;/h1-2,10,12-14H,3-9,11,19H2,(H,21,22);1H. The predicted molar refractivity (Wildman–Crippen MR) is 93.2 cm³/mol. The number of nitrogen functional groups attached to an aromatic ring is 1. The Kier molecular flexibility index (Phi) is 4.54. The zero-order valence-corrected chi connectivity index (χ0v) is 14.3. The van der Waals surface area contributed by atoms with E-state index in [9.17, 15) is 4.79 Å². The maximum Gasteiger partial charge on any atom is 0.226 e. The number of carbonyl (C=O) groups is 1. The Bertz CT molecular complexity index is 537. The van der Waals surface area contributed by atoms with Crippen molar-refractivity contribution in [1.82, 2.24) is 10.3 Å². The van der Waals surface area contributed by atoms with E-state index in [-0.39, 0.29) is 18.3 Å². The fraction of sp³-hybridized carbons (Fsp3) is 0.667. The molecule has 1 heterocycles. The first-order valence-electron chi connectivity index (χ1n) is 8.57. The summed E-state index contributed by atoms with van der Waals surface area (Å²) in [5.41, 5.74) is 7.45. The van der Waals surface area contributed by atoms with Gasteiger partial charge in [-0.05, 0) is 73.8 Å². The zero-order valence-electron chi connectivity index (χ0n) is 13.5. The van der Waals surface area contributed by atoms with E-state index < -0.39 is 0 Å². The third-order valence-corrected chi connectivity index (χ3v) is 6.01. The molecule has 0 unspecified atom stereocenters. The highest BCUT2D eigenvalue weighted by atomic mass is 35.5. The Hall–Kier alpha value is -1.29. The number of amides is 1. The molecule has 4 aliphatic carbocycles. The molecule has 4 bridgehead atoms. The first-order chi connectivity index (χ1) is 10.6. The van der Waals surface area contributed by atoms with E-state index in [0.717, 1.165) is 30.0 Å². The van der Waals surface area contributed by atoms with Crippen molar-refractivity contribution < 1.29 is 4.79 Å². The van der Waals surface area contributed by atoms with Gasteiger partial charge in [-0.2, -0.15) is 0 Å². The molecule has 4 fully saturated rings. The van der Waals surface area contributed by atoms with E-state index in [0.29, 0.717) is 17.5 Å². The number of carbonyl (C=O) groups excluding carboxylic acids is 1. The molecule has 5 heteroatoms. The monoisotopic (exact) mass is 335 g/mol. The van der Waals surface area contributed by atoms with Gasteiger partial charge in [-0.3, -0.25) is 9.78 Å². The molecule has 0 aromatic carbocycles. The van der Waals surface area contributed by atoms with Gasteiger partial charge in [0, 0.05) is 12.2 Å². The van der Waals surface area contributed by atoms with Crippen LogP contribution in [-0.2, 0) is 11.2 Å². The van der Waals surface area contributed by atoms with Crippen molar-refractivity contribution in [1.29, 1.82) is 0 Å². The van der Waals surface area contributed by atoms with Gasteiger partial charge in [0.2, 0.25) is 5.91 Å². The van der Waals surface area contributed by atoms with Gasteiger partial charge < -0.3 is 11.1 Å². The van der Waals surface area contributed by atoms with Crippen LogP contribution >= 0.6 is 12.4 Å². The van der Waals surface area contributed by atoms with Crippen LogP contribution in [0.4, 0.5) is 5.69 Å². The smallest absolute Gasteiger partial charge is 0.226 e. The van der Waals surface area contributed by atoms with Crippen molar-refractivity contribution >= 4 is 24.0 Å². The summed E-state index contributed by atoms with van der Waals surface area (Å²) >= 11 is 0. The van der Waals surface area contributed by atoms with Gasteiger partial charge in [0.05, 0.1) is 18.3 Å². The molecule has 4 aliphatic rings. The Labute approximate surface area is 144 Å². The van der Waals surface area contributed by atoms with Gasteiger partial charge in [-0.1, -0.05) is 0 Å². The molecule has 0 aliphatic heterocycles. The number of hydrogen-bond acceptors (Lipinski definition) is 3. The molecule has 0 radical (unpaired) electrons. The molecular formula is C18H26ClN3O. The van der Waals surface area contributed by atoms with Crippen LogP contribution < -0.4 is 11.1 Å². The van der Waals surface area contributed by atoms with E-state index >= 15 is 0 Å². The second-order valence-corrected chi connectivity index (χ2v) is 7.95. The van der Waals surface area contributed by atoms with Gasteiger partial charge in [-0.25, -0.2) is 0 Å². The number of nitrogens with one attached hydrogen (secondary N) is 1. The molecule has 0 atom stereocenters. The van der Waals surface area contributed by atoms with Crippen LogP contribution in [0, 0.1) is 23.2 Å². The van der Waals surface area contributed by atoms with E-state index in [4.69, 9.17) is 5.73 Å². The lowest BCUT2D eigenvalue weighted by Gasteiger charge is -2.56. The van der Waals surface area contributed by atoms with Crippen molar-refractivity contribution in [2.45, 2.75) is 44.9 Å². The van der Waals surface area contributed by atoms with Crippen LogP contribution in [0.2, 0.25) is 0 Å². The Morgan fingerprint density at radius 2 is 1.78 bits per heavy atom. The summed E-state index contributed by atoms with van der Waals surface area (Å²) in [7, 11) is 0. The number of aromatic nitrogens is 1. The van der Waals surface area contributed by atoms with E-state index in [1.807, 2.05) is 6.07 Å². The van der Waals surface area contributed by atoms with Crippen LogP contribution in [0.15, 0.2) is 18.3 Å². The number of nitrogens with two attached hydrogens (primary N) is 1. The second kappa shape index (κ2) is 6.31. The summed E-state index contributed by atoms with van der Waals surface area (Å²) in [5.74, 6) is 2.89. The van der Waals surface area contributed by atoms with Gasteiger partial charge >= 0.3 is 0 Å². The zero-order chi connectivity index (χ0) is 15.2. The second-order valence-electron chi connectivity index (χ2n) is 7.95. The number of pyridine rings is 1. The molecule has 1 aromatic rings. The van der Waals surface area contributed by atoms with Crippen molar-refractivity contribution in [3.8, 4) is 0 Å². The number of halogens is 1. The van der Waals surface area contributed by atoms with Crippen molar-refractivity contribution in [3.63, 3.8) is 0 Å². The molecule has 4 saturated carbocycles. The molecule has 1 amide bonds. The maximum atomic E-state index is 12.2. The summed E-state index contributed by atoms with van der Waals surface area (Å²) in [5, 5.41) is 3.19. The Balaban J connectivity index is 0.00000156. The summed E-state index contributed by atoms with van der Waals surface area (Å²) in [6.07, 6.45) is 10.3. The topological polar surface area (TPSA) is 68.0 Å². The highest BCUT2D eigenvalue weighted by Gasteiger charge is 2.50. The quantitative estimate of drug-likeness (QED) is 0.888. The minimum atomic E-state index is 0. The van der Waals surface area contributed by atoms with Crippen molar-refractivity contribution in [3.05, 3.63) is 24.0 Å². The fourth-order valence-corrected chi connectivity index (χ4v) is 5.56. The molecule has 23 heavy (non-hydrogen) atoms. The molecule has 0 saturated heterocycles. The third-order valence-electron chi connectivity index (χ3n) is 6.01. The van der Waals surface area contributed by atoms with Crippen molar-refractivity contribution in [2.24, 2.45) is 23.2 Å². The lowest BCUT2D eigenvalue weighted by Crippen LogP contribution is -2.51. The van der Waals surface area contributed by atoms with Gasteiger partial charge in [-0.15, -0.1) is 12.4 Å². The SMILES string of the molecule is Cl.Nc1ccc(CC(=O)NCC23CC4CC(CC(C4)C2)C3)nc1. The van der Waals surface area contributed by atoms with Gasteiger partial charge in [0.25, 0.3) is 0 Å². The average molecular weight is 336 g/mol. The lowest BCUT2D eigenvalue weighted by atomic mass is 9.49. The molecule has 0 spiro atoms. The molecular weight excluding hydrogens is 310 g/mol. The molecule has 126 valence electrons. The number of nitrogens with zero attached hydrogens (tertiary/aromatic N) is 1. The van der Waals surface area contributed by atoms with Gasteiger partial charge in [0.1, 0.15) is 0 Å². The molecule has 5 rings (SSSR count). The fourth-order valence-electron chi connectivity index (χ4n) is 5.56. The lowest BCUT2D eigenvalue weighted by molar-refractivity contribution is -0.122. The highest BCUT2D eigenvalue weighted by molar-refractivity contribution is 5.85. The van der Waals surface area contributed by atoms with Crippen LogP contribution in [0.25, 0.3) is 0 Å². The minimum absolute atomic E-state index is 0. The summed E-state index contributed by atoms with van der Waals surface area (Å²) < 4.78 is 0. The average Bonchev–Trinajstić information content (AvgIpc) is 2.46. The predicted octanol–water partition coefficient (Wildman–Crippen LogP) is 2.96. The largest absolute Gasteiger partial charge is 0.397 e. The van der Waals surface area contributed by atoms with Crippen LogP contribution in [0.1, 0.15) is 44.2 Å². The Morgan fingerprint density at radius 1 is 1.17 bits per heavy atom. The first-order valence-corrected chi connectivity index (χ1v) is 8.57. The molecule has 1 aromatic heterocycles. The first kappa shape index (κ1) is 16.6. The molecule has 3 N–H and O–H groups in total.